The van der Waals surface area contributed by atoms with Gasteiger partial charge in [0, 0.05) is 23.9 Å². The second kappa shape index (κ2) is 8.21. The van der Waals surface area contributed by atoms with E-state index in [1.165, 1.54) is 12.1 Å². The molecule has 0 aliphatic heterocycles. The van der Waals surface area contributed by atoms with Crippen molar-refractivity contribution in [3.63, 3.8) is 0 Å². The van der Waals surface area contributed by atoms with Gasteiger partial charge in [0.1, 0.15) is 12.4 Å². The van der Waals surface area contributed by atoms with E-state index in [9.17, 15) is 14.0 Å². The Morgan fingerprint density at radius 1 is 1.12 bits per heavy atom. The van der Waals surface area contributed by atoms with Crippen LogP contribution in [0.3, 0.4) is 0 Å². The minimum atomic E-state index is -0.273. The molecular formula is C18H21FN3O2+. The Labute approximate surface area is 140 Å². The minimum absolute atomic E-state index is 0.149. The fraction of sp³-hybridized carbons (Fsp3) is 0.222. The highest BCUT2D eigenvalue weighted by Crippen LogP contribution is 2.10. The summed E-state index contributed by atoms with van der Waals surface area (Å²) in [6, 6.07) is 13.0. The van der Waals surface area contributed by atoms with E-state index in [2.05, 4.69) is 10.6 Å². The van der Waals surface area contributed by atoms with Gasteiger partial charge in [0.05, 0.1) is 7.05 Å². The summed E-state index contributed by atoms with van der Waals surface area (Å²) in [5.41, 5.74) is 2.03. The van der Waals surface area contributed by atoms with E-state index in [0.29, 0.717) is 17.8 Å². The molecule has 0 saturated carbocycles. The topological polar surface area (TPSA) is 62.6 Å². The predicted molar refractivity (Wildman–Crippen MR) is 90.3 cm³/mol. The quantitative estimate of drug-likeness (QED) is 0.735. The van der Waals surface area contributed by atoms with E-state index in [4.69, 9.17) is 0 Å². The highest BCUT2D eigenvalue weighted by atomic mass is 19.1. The summed E-state index contributed by atoms with van der Waals surface area (Å²) in [5, 5.41) is 5.33. The summed E-state index contributed by atoms with van der Waals surface area (Å²) in [5.74, 6) is -0.626. The molecule has 0 bridgehead atoms. The molecule has 2 aromatic rings. The van der Waals surface area contributed by atoms with Gasteiger partial charge in [-0.15, -0.1) is 0 Å². The van der Waals surface area contributed by atoms with E-state index in [1.54, 1.807) is 43.4 Å². The van der Waals surface area contributed by atoms with Crippen LogP contribution in [0.4, 0.5) is 10.1 Å². The smallest absolute Gasteiger partial charge is 0.279 e. The van der Waals surface area contributed by atoms with Crippen molar-refractivity contribution >= 4 is 17.5 Å². The summed E-state index contributed by atoms with van der Waals surface area (Å²) < 4.78 is 12.9. The van der Waals surface area contributed by atoms with Crippen LogP contribution in [0.5, 0.6) is 0 Å². The number of likely N-dealkylation sites (N-methyl/N-ethyl adjacent to an activating group) is 1. The molecule has 0 saturated heterocycles. The van der Waals surface area contributed by atoms with Crippen LogP contribution in [0, 0.1) is 5.82 Å². The number of halogens is 1. The van der Waals surface area contributed by atoms with Gasteiger partial charge in [0.15, 0.2) is 6.54 Å². The Morgan fingerprint density at radius 3 is 2.50 bits per heavy atom. The second-order valence-corrected chi connectivity index (χ2v) is 5.65. The first-order valence-corrected chi connectivity index (χ1v) is 7.65. The summed E-state index contributed by atoms with van der Waals surface area (Å²) in [6.07, 6.45) is 0. The normalized spacial score (nSPS) is 11.6. The second-order valence-electron chi connectivity index (χ2n) is 5.65. The molecule has 0 heterocycles. The number of carbonyl (C=O) groups excluding carboxylic acids is 2. The van der Waals surface area contributed by atoms with Crippen molar-refractivity contribution in [1.29, 1.82) is 0 Å². The first-order valence-electron chi connectivity index (χ1n) is 7.65. The Kier molecular flexibility index (Phi) is 6.03. The molecule has 2 aromatic carbocycles. The molecule has 0 aliphatic carbocycles. The molecule has 126 valence electrons. The maximum atomic E-state index is 12.9. The van der Waals surface area contributed by atoms with Crippen LogP contribution in [0.25, 0.3) is 0 Å². The highest BCUT2D eigenvalue weighted by molar-refractivity contribution is 5.97. The Bertz CT molecular complexity index is 716. The first-order chi connectivity index (χ1) is 11.5. The summed E-state index contributed by atoms with van der Waals surface area (Å²) >= 11 is 0. The average Bonchev–Trinajstić information content (AvgIpc) is 2.56. The largest absolute Gasteiger partial charge is 0.355 e. The van der Waals surface area contributed by atoms with Crippen molar-refractivity contribution < 1.29 is 18.9 Å². The third-order valence-corrected chi connectivity index (χ3v) is 3.52. The van der Waals surface area contributed by atoms with Crippen LogP contribution in [0.2, 0.25) is 0 Å². The molecule has 0 radical (unpaired) electrons. The summed E-state index contributed by atoms with van der Waals surface area (Å²) in [6.45, 7) is 0.882. The molecule has 0 aromatic heterocycles. The van der Waals surface area contributed by atoms with Gasteiger partial charge in [-0.2, -0.15) is 0 Å². The zero-order valence-corrected chi connectivity index (χ0v) is 13.7. The Hall–Kier alpha value is -2.73. The standard InChI is InChI=1S/C18H20FN3O2/c1-20-18(24)14-4-3-5-16(10-14)21-17(23)12-22(2)11-13-6-8-15(19)9-7-13/h3-10H,11-12H2,1-2H3,(H,20,24)(H,21,23)/p+1. The third-order valence-electron chi connectivity index (χ3n) is 3.52. The van der Waals surface area contributed by atoms with Gasteiger partial charge in [-0.05, 0) is 30.3 Å². The fourth-order valence-electron chi connectivity index (χ4n) is 2.38. The molecule has 6 heteroatoms. The highest BCUT2D eigenvalue weighted by Gasteiger charge is 2.12. The SMILES string of the molecule is CNC(=O)c1cccc(NC(=O)C[NH+](C)Cc2ccc(F)cc2)c1. The lowest BCUT2D eigenvalue weighted by Crippen LogP contribution is -3.08. The minimum Gasteiger partial charge on any atom is -0.355 e. The molecule has 2 amide bonds. The van der Waals surface area contributed by atoms with Gasteiger partial charge in [-0.25, -0.2) is 4.39 Å². The predicted octanol–water partition coefficient (Wildman–Crippen LogP) is 0.839. The average molecular weight is 330 g/mol. The van der Waals surface area contributed by atoms with E-state index in [-0.39, 0.29) is 24.2 Å². The zero-order valence-electron chi connectivity index (χ0n) is 13.7. The molecule has 1 unspecified atom stereocenters. The van der Waals surface area contributed by atoms with Crippen molar-refractivity contribution in [1.82, 2.24) is 5.32 Å². The molecule has 2 rings (SSSR count). The molecule has 0 spiro atoms. The van der Waals surface area contributed by atoms with Crippen LogP contribution in [0.1, 0.15) is 15.9 Å². The summed E-state index contributed by atoms with van der Waals surface area (Å²) in [7, 11) is 3.45. The monoisotopic (exact) mass is 330 g/mol. The maximum Gasteiger partial charge on any atom is 0.279 e. The van der Waals surface area contributed by atoms with Gasteiger partial charge in [0.25, 0.3) is 11.8 Å². The number of benzene rings is 2. The first kappa shape index (κ1) is 17.6. The molecule has 0 fully saturated rings. The molecule has 5 nitrogen and oxygen atoms in total. The van der Waals surface area contributed by atoms with Crippen molar-refractivity contribution in [2.24, 2.45) is 0 Å². The number of rotatable bonds is 6. The van der Waals surface area contributed by atoms with Crippen LogP contribution < -0.4 is 15.5 Å². The van der Waals surface area contributed by atoms with E-state index in [0.717, 1.165) is 10.5 Å². The molecule has 24 heavy (non-hydrogen) atoms. The molecule has 1 atom stereocenters. The zero-order chi connectivity index (χ0) is 17.5. The van der Waals surface area contributed by atoms with Crippen LogP contribution in [-0.2, 0) is 11.3 Å². The molecule has 3 N–H and O–H groups in total. The lowest BCUT2D eigenvalue weighted by Gasteiger charge is -2.14. The summed E-state index contributed by atoms with van der Waals surface area (Å²) in [4.78, 5) is 24.7. The number of quaternary nitrogens is 1. The van der Waals surface area contributed by atoms with Gasteiger partial charge in [-0.1, -0.05) is 18.2 Å². The van der Waals surface area contributed by atoms with Gasteiger partial charge in [-0.3, -0.25) is 9.59 Å². The number of hydrogen-bond donors (Lipinski definition) is 3. The third kappa shape index (κ3) is 5.17. The number of hydrogen-bond acceptors (Lipinski definition) is 2. The lowest BCUT2D eigenvalue weighted by atomic mass is 10.2. The number of nitrogens with one attached hydrogen (secondary N) is 3. The fourth-order valence-corrected chi connectivity index (χ4v) is 2.38. The van der Waals surface area contributed by atoms with Gasteiger partial charge < -0.3 is 15.5 Å². The van der Waals surface area contributed by atoms with Crippen molar-refractivity contribution in [3.05, 3.63) is 65.5 Å². The van der Waals surface area contributed by atoms with E-state index in [1.807, 2.05) is 7.05 Å². The van der Waals surface area contributed by atoms with E-state index < -0.39 is 0 Å². The Balaban J connectivity index is 1.90. The van der Waals surface area contributed by atoms with Gasteiger partial charge >= 0.3 is 0 Å². The Morgan fingerprint density at radius 2 is 1.83 bits per heavy atom. The van der Waals surface area contributed by atoms with E-state index >= 15 is 0 Å². The van der Waals surface area contributed by atoms with Crippen LogP contribution in [-0.4, -0.2) is 32.5 Å². The molecule has 0 aliphatic rings. The van der Waals surface area contributed by atoms with Crippen molar-refractivity contribution in [3.8, 4) is 0 Å². The molecular weight excluding hydrogens is 309 g/mol. The number of amides is 2. The van der Waals surface area contributed by atoms with Crippen LogP contribution >= 0.6 is 0 Å². The lowest BCUT2D eigenvalue weighted by molar-refractivity contribution is -0.885. The van der Waals surface area contributed by atoms with Crippen LogP contribution in [0.15, 0.2) is 48.5 Å². The van der Waals surface area contributed by atoms with Gasteiger partial charge in [0.2, 0.25) is 0 Å². The number of carbonyl (C=O) groups is 2. The van der Waals surface area contributed by atoms with Crippen molar-refractivity contribution in [2.75, 3.05) is 26.0 Å². The van der Waals surface area contributed by atoms with Crippen molar-refractivity contribution in [2.45, 2.75) is 6.54 Å². The number of anilines is 1. The maximum absolute atomic E-state index is 12.9.